The van der Waals surface area contributed by atoms with Gasteiger partial charge in [0, 0.05) is 0 Å². The maximum atomic E-state index is 12.3. The van der Waals surface area contributed by atoms with Crippen LogP contribution in [0.25, 0.3) is 0 Å². The Morgan fingerprint density at radius 3 is 1.67 bits per heavy atom. The first-order valence-corrected chi connectivity index (χ1v) is 6.77. The van der Waals surface area contributed by atoms with E-state index in [0.29, 0.717) is 4.90 Å². The number of rotatable bonds is 2. The number of amides is 2. The molecule has 9 heteroatoms. The highest BCUT2D eigenvalue weighted by Crippen LogP contribution is 2.45. The van der Waals surface area contributed by atoms with E-state index in [1.165, 1.54) is 0 Å². The molecule has 1 aliphatic heterocycles. The highest BCUT2D eigenvalue weighted by atomic mass is 35.5. The van der Waals surface area contributed by atoms with E-state index in [0.717, 1.165) is 7.11 Å². The van der Waals surface area contributed by atoms with Gasteiger partial charge in [0.25, 0.3) is 11.8 Å². The smallest absolute Gasteiger partial charge is 0.354 e. The number of fused-ring (bicyclic) bond motifs is 1. The minimum atomic E-state index is -0.950. The molecule has 21 heavy (non-hydrogen) atoms. The van der Waals surface area contributed by atoms with Crippen molar-refractivity contribution in [1.82, 2.24) is 4.90 Å². The maximum Gasteiger partial charge on any atom is 0.354 e. The average molecular weight is 369 g/mol. The summed E-state index contributed by atoms with van der Waals surface area (Å²) in [6.45, 7) is 3.35. The Kier molecular flexibility index (Phi) is 4.22. The number of benzene rings is 1. The lowest BCUT2D eigenvalue weighted by atomic mass is 10.1. The molecule has 0 saturated carbocycles. The molecular weight excluding hydrogens is 364 g/mol. The highest BCUT2D eigenvalue weighted by molar-refractivity contribution is 6.55. The SMILES string of the molecule is C=C(C(=O)OC)N1C(=O)c2c(Cl)c(Cl)c(Cl)c(Cl)c2C1=O. The summed E-state index contributed by atoms with van der Waals surface area (Å²) in [6.07, 6.45) is 0. The van der Waals surface area contributed by atoms with Gasteiger partial charge >= 0.3 is 5.97 Å². The molecule has 0 saturated heterocycles. The molecular formula is C12H5Cl4NO4. The zero-order valence-corrected chi connectivity index (χ0v) is 13.3. The second-order valence-electron chi connectivity index (χ2n) is 3.89. The van der Waals surface area contributed by atoms with Gasteiger partial charge in [0.05, 0.1) is 38.3 Å². The molecule has 0 bridgehead atoms. The summed E-state index contributed by atoms with van der Waals surface area (Å²) in [5, 5.41) is -0.762. The first kappa shape index (κ1) is 16.1. The van der Waals surface area contributed by atoms with Crippen molar-refractivity contribution in [2.75, 3.05) is 7.11 Å². The molecule has 0 atom stereocenters. The van der Waals surface area contributed by atoms with Gasteiger partial charge in [0.2, 0.25) is 0 Å². The lowest BCUT2D eigenvalue weighted by Gasteiger charge is -2.14. The number of esters is 1. The fraction of sp³-hybridized carbons (Fsp3) is 0.0833. The highest BCUT2D eigenvalue weighted by Gasteiger charge is 2.44. The van der Waals surface area contributed by atoms with Crippen LogP contribution in [0.15, 0.2) is 12.3 Å². The minimum Gasteiger partial charge on any atom is -0.464 e. The number of carbonyl (C=O) groups is 3. The Bertz CT molecular complexity index is 682. The number of imide groups is 1. The van der Waals surface area contributed by atoms with Crippen LogP contribution in [0.4, 0.5) is 0 Å². The Morgan fingerprint density at radius 2 is 1.33 bits per heavy atom. The summed E-state index contributed by atoms with van der Waals surface area (Å²) in [6, 6.07) is 0. The van der Waals surface area contributed by atoms with Crippen LogP contribution in [0.1, 0.15) is 20.7 Å². The van der Waals surface area contributed by atoms with Crippen LogP contribution in [0.2, 0.25) is 20.1 Å². The molecule has 0 radical (unpaired) electrons. The average Bonchev–Trinajstić information content (AvgIpc) is 2.72. The lowest BCUT2D eigenvalue weighted by Crippen LogP contribution is -2.32. The van der Waals surface area contributed by atoms with Gasteiger partial charge in [-0.05, 0) is 0 Å². The third-order valence-corrected chi connectivity index (χ3v) is 4.59. The van der Waals surface area contributed by atoms with Crippen molar-refractivity contribution in [2.45, 2.75) is 0 Å². The lowest BCUT2D eigenvalue weighted by molar-refractivity contribution is -0.137. The third kappa shape index (κ3) is 2.21. The van der Waals surface area contributed by atoms with Crippen molar-refractivity contribution in [2.24, 2.45) is 0 Å². The zero-order valence-electron chi connectivity index (χ0n) is 10.3. The molecule has 110 valence electrons. The minimum absolute atomic E-state index is 0.159. The molecule has 0 N–H and O–H groups in total. The molecule has 1 heterocycles. The van der Waals surface area contributed by atoms with Gasteiger partial charge in [-0.2, -0.15) is 0 Å². The van der Waals surface area contributed by atoms with Crippen LogP contribution in [0, 0.1) is 0 Å². The van der Waals surface area contributed by atoms with Gasteiger partial charge in [-0.25, -0.2) is 9.69 Å². The molecule has 0 aromatic heterocycles. The fourth-order valence-corrected chi connectivity index (χ4v) is 2.82. The quantitative estimate of drug-likeness (QED) is 0.263. The van der Waals surface area contributed by atoms with Gasteiger partial charge in [-0.1, -0.05) is 53.0 Å². The number of halogens is 4. The van der Waals surface area contributed by atoms with Crippen molar-refractivity contribution >= 4 is 64.2 Å². The van der Waals surface area contributed by atoms with E-state index in [1.807, 2.05) is 0 Å². The standard InChI is InChI=1S/C12H5Cl4NO4/c1-3(12(20)21-2)17-10(18)4-5(11(17)19)7(14)9(16)8(15)6(4)13/h1H2,2H3. The van der Waals surface area contributed by atoms with E-state index in [1.54, 1.807) is 0 Å². The van der Waals surface area contributed by atoms with Crippen molar-refractivity contribution < 1.29 is 19.1 Å². The van der Waals surface area contributed by atoms with E-state index < -0.39 is 23.5 Å². The Morgan fingerprint density at radius 1 is 0.952 bits per heavy atom. The van der Waals surface area contributed by atoms with Crippen molar-refractivity contribution in [3.8, 4) is 0 Å². The van der Waals surface area contributed by atoms with Gasteiger partial charge in [-0.15, -0.1) is 0 Å². The van der Waals surface area contributed by atoms with Crippen LogP contribution in [0.5, 0.6) is 0 Å². The first-order valence-electron chi connectivity index (χ1n) is 5.26. The van der Waals surface area contributed by atoms with E-state index in [-0.39, 0.29) is 31.2 Å². The van der Waals surface area contributed by atoms with E-state index in [9.17, 15) is 14.4 Å². The van der Waals surface area contributed by atoms with E-state index >= 15 is 0 Å². The molecule has 0 spiro atoms. The van der Waals surface area contributed by atoms with Gasteiger partial charge in [0.1, 0.15) is 5.70 Å². The molecule has 0 unspecified atom stereocenters. The fourth-order valence-electron chi connectivity index (χ4n) is 1.80. The van der Waals surface area contributed by atoms with Crippen LogP contribution < -0.4 is 0 Å². The summed E-state index contributed by atoms with van der Waals surface area (Å²) < 4.78 is 4.43. The number of ether oxygens (including phenoxy) is 1. The van der Waals surface area contributed by atoms with Crippen LogP contribution >= 0.6 is 46.4 Å². The third-order valence-electron chi connectivity index (χ3n) is 2.79. The molecule has 0 aliphatic carbocycles. The van der Waals surface area contributed by atoms with E-state index in [4.69, 9.17) is 46.4 Å². The molecule has 2 rings (SSSR count). The molecule has 5 nitrogen and oxygen atoms in total. The summed E-state index contributed by atoms with van der Waals surface area (Å²) >= 11 is 23.6. The van der Waals surface area contributed by atoms with Crippen LogP contribution in [0.3, 0.4) is 0 Å². The van der Waals surface area contributed by atoms with Crippen molar-refractivity contribution in [1.29, 1.82) is 0 Å². The predicted molar refractivity (Wildman–Crippen MR) is 78.1 cm³/mol. The summed E-state index contributed by atoms with van der Waals surface area (Å²) in [7, 11) is 1.08. The number of methoxy groups -OCH3 is 1. The van der Waals surface area contributed by atoms with E-state index in [2.05, 4.69) is 11.3 Å². The Labute approximate surface area is 138 Å². The molecule has 0 fully saturated rings. The largest absolute Gasteiger partial charge is 0.464 e. The molecule has 1 aromatic carbocycles. The second-order valence-corrected chi connectivity index (χ2v) is 5.40. The summed E-state index contributed by atoms with van der Waals surface area (Å²) in [5.74, 6) is -2.71. The predicted octanol–water partition coefficient (Wildman–Crippen LogP) is 3.58. The summed E-state index contributed by atoms with van der Waals surface area (Å²) in [5.41, 5.74) is -0.930. The topological polar surface area (TPSA) is 63.7 Å². The number of hydrogen-bond donors (Lipinski definition) is 0. The summed E-state index contributed by atoms with van der Waals surface area (Å²) in [4.78, 5) is 36.6. The van der Waals surface area contributed by atoms with Gasteiger partial charge in [0.15, 0.2) is 0 Å². The number of nitrogens with zero attached hydrogens (tertiary/aromatic N) is 1. The van der Waals surface area contributed by atoms with Crippen molar-refractivity contribution in [3.05, 3.63) is 43.5 Å². The van der Waals surface area contributed by atoms with Crippen LogP contribution in [-0.4, -0.2) is 29.8 Å². The molecule has 1 aromatic rings. The van der Waals surface area contributed by atoms with Crippen molar-refractivity contribution in [3.63, 3.8) is 0 Å². The number of hydrogen-bond acceptors (Lipinski definition) is 4. The monoisotopic (exact) mass is 367 g/mol. The normalized spacial score (nSPS) is 13.5. The number of carbonyl (C=O) groups excluding carboxylic acids is 3. The first-order chi connectivity index (χ1) is 9.73. The maximum absolute atomic E-state index is 12.3. The van der Waals surface area contributed by atoms with Gasteiger partial charge < -0.3 is 4.74 Å². The Hall–Kier alpha value is -1.27. The molecule has 2 amide bonds. The van der Waals surface area contributed by atoms with Gasteiger partial charge in [-0.3, -0.25) is 9.59 Å². The van der Waals surface area contributed by atoms with Crippen LogP contribution in [-0.2, 0) is 9.53 Å². The second kappa shape index (κ2) is 5.50. The molecule has 1 aliphatic rings. The zero-order chi connectivity index (χ0) is 16.1. The Balaban J connectivity index is 2.69.